The zero-order valence-corrected chi connectivity index (χ0v) is 24.8. The third-order valence-electron chi connectivity index (χ3n) is 9.25. The first-order valence-electron chi connectivity index (χ1n) is 15.8. The maximum Gasteiger partial charge on any atom is 0.134 e. The highest BCUT2D eigenvalue weighted by atomic mass is 15.1. The van der Waals surface area contributed by atoms with Gasteiger partial charge in [0.25, 0.3) is 0 Å². The number of nitrogens with zero attached hydrogens (tertiary/aromatic N) is 2. The van der Waals surface area contributed by atoms with E-state index < -0.39 is 0 Å². The monoisotopic (exact) mass is 569 g/mol. The SMILES string of the molecule is C1=C(C2=CC=C(c3nc4ccccc4[nH]3)CC2)CCC(C2=CC=C(N(c3ccccc3)c3cccc4ccccc34)CC2)=C1. The largest absolute Gasteiger partial charge is 0.338 e. The number of aromatic nitrogens is 2. The minimum atomic E-state index is 1.00. The van der Waals surface area contributed by atoms with Crippen LogP contribution in [0.15, 0.2) is 162 Å². The van der Waals surface area contributed by atoms with Crippen molar-refractivity contribution in [1.82, 2.24) is 9.97 Å². The molecule has 0 spiro atoms. The number of benzene rings is 4. The van der Waals surface area contributed by atoms with Crippen molar-refractivity contribution in [2.24, 2.45) is 0 Å². The number of aromatic amines is 1. The van der Waals surface area contributed by atoms with E-state index in [1.54, 1.807) is 0 Å². The van der Waals surface area contributed by atoms with Crippen molar-refractivity contribution in [2.75, 3.05) is 4.90 Å². The molecular weight excluding hydrogens is 534 g/mol. The highest BCUT2D eigenvalue weighted by molar-refractivity contribution is 5.97. The van der Waals surface area contributed by atoms with Crippen molar-refractivity contribution in [1.29, 1.82) is 0 Å². The first-order valence-corrected chi connectivity index (χ1v) is 15.8. The molecule has 1 N–H and O–H groups in total. The standard InChI is InChI=1S/C41H35N3/c1-2-11-35(12-3-1)44(40-16-8-10-33-9-4-5-13-37(33)40)36-27-25-32(26-28-36)30-19-17-29(18-20-30)31-21-23-34(24-22-31)41-42-38-14-6-7-15-39(38)43-41/h1-17,19,21,23,25,27H,18,20,22,24,26,28H2,(H,42,43). The van der Waals surface area contributed by atoms with E-state index in [1.807, 2.05) is 6.07 Å². The van der Waals surface area contributed by atoms with Crippen LogP contribution in [0.25, 0.3) is 27.4 Å². The zero-order valence-electron chi connectivity index (χ0n) is 24.8. The Morgan fingerprint density at radius 1 is 0.500 bits per heavy atom. The maximum absolute atomic E-state index is 4.81. The van der Waals surface area contributed by atoms with E-state index in [4.69, 9.17) is 4.98 Å². The van der Waals surface area contributed by atoms with E-state index in [0.29, 0.717) is 0 Å². The van der Waals surface area contributed by atoms with Gasteiger partial charge >= 0.3 is 0 Å². The topological polar surface area (TPSA) is 31.9 Å². The summed E-state index contributed by atoms with van der Waals surface area (Å²) < 4.78 is 0. The molecule has 4 aromatic carbocycles. The first kappa shape index (κ1) is 26.5. The van der Waals surface area contributed by atoms with E-state index in [0.717, 1.165) is 55.4 Å². The molecule has 0 saturated carbocycles. The van der Waals surface area contributed by atoms with Gasteiger partial charge in [-0.25, -0.2) is 4.98 Å². The van der Waals surface area contributed by atoms with E-state index in [2.05, 4.69) is 137 Å². The van der Waals surface area contributed by atoms with Gasteiger partial charge in [-0.05, 0) is 108 Å². The van der Waals surface area contributed by atoms with Crippen LogP contribution in [0.1, 0.15) is 44.3 Å². The van der Waals surface area contributed by atoms with Crippen molar-refractivity contribution >= 4 is 38.8 Å². The Labute approximate surface area is 259 Å². The minimum Gasteiger partial charge on any atom is -0.338 e. The van der Waals surface area contributed by atoms with E-state index in [1.165, 1.54) is 55.7 Å². The number of fused-ring (bicyclic) bond motifs is 2. The summed E-state index contributed by atoms with van der Waals surface area (Å²) in [6, 6.07) is 34.4. The summed E-state index contributed by atoms with van der Waals surface area (Å²) in [5, 5.41) is 2.54. The van der Waals surface area contributed by atoms with Gasteiger partial charge in [-0.3, -0.25) is 0 Å². The first-order chi connectivity index (χ1) is 21.8. The van der Waals surface area contributed by atoms with Gasteiger partial charge in [0.15, 0.2) is 0 Å². The van der Waals surface area contributed by atoms with Gasteiger partial charge in [0.05, 0.1) is 16.7 Å². The Bertz CT molecular complexity index is 2020. The number of hydrogen-bond donors (Lipinski definition) is 1. The van der Waals surface area contributed by atoms with E-state index in [-0.39, 0.29) is 0 Å². The van der Waals surface area contributed by atoms with Crippen molar-refractivity contribution in [3.8, 4) is 0 Å². The number of para-hydroxylation sites is 3. The average Bonchev–Trinajstić information content (AvgIpc) is 3.54. The molecule has 5 aromatic rings. The summed E-state index contributed by atoms with van der Waals surface area (Å²) in [7, 11) is 0. The van der Waals surface area contributed by atoms with Crippen LogP contribution in [0.5, 0.6) is 0 Å². The van der Waals surface area contributed by atoms with Crippen LogP contribution < -0.4 is 4.90 Å². The molecule has 44 heavy (non-hydrogen) atoms. The molecular formula is C41H35N3. The lowest BCUT2D eigenvalue weighted by Gasteiger charge is -2.31. The molecule has 0 atom stereocenters. The molecule has 8 rings (SSSR count). The number of imidazole rings is 1. The van der Waals surface area contributed by atoms with Gasteiger partial charge < -0.3 is 9.88 Å². The number of H-pyrrole nitrogens is 1. The lowest BCUT2D eigenvalue weighted by atomic mass is 9.84. The van der Waals surface area contributed by atoms with Crippen molar-refractivity contribution in [3.63, 3.8) is 0 Å². The molecule has 0 fully saturated rings. The number of nitrogens with one attached hydrogen (secondary N) is 1. The van der Waals surface area contributed by atoms with Gasteiger partial charge in [0, 0.05) is 16.8 Å². The quantitative estimate of drug-likeness (QED) is 0.221. The number of allylic oxidation sites excluding steroid dienone is 12. The lowest BCUT2D eigenvalue weighted by molar-refractivity contribution is 0.830. The third kappa shape index (κ3) is 5.05. The van der Waals surface area contributed by atoms with Crippen LogP contribution in [0.4, 0.5) is 11.4 Å². The molecule has 3 heteroatoms. The van der Waals surface area contributed by atoms with Crippen LogP contribution in [0.3, 0.4) is 0 Å². The Balaban J connectivity index is 1.04. The van der Waals surface area contributed by atoms with Crippen molar-refractivity contribution in [2.45, 2.75) is 38.5 Å². The average molecular weight is 570 g/mol. The fraction of sp³-hybridized carbons (Fsp3) is 0.146. The van der Waals surface area contributed by atoms with Crippen molar-refractivity contribution in [3.05, 3.63) is 167 Å². The number of rotatable bonds is 6. The molecule has 0 saturated heterocycles. The molecule has 3 aliphatic rings. The summed E-state index contributed by atoms with van der Waals surface area (Å²) in [5.74, 6) is 1.00. The summed E-state index contributed by atoms with van der Waals surface area (Å²) in [6.07, 6.45) is 20.4. The fourth-order valence-electron chi connectivity index (χ4n) is 6.90. The van der Waals surface area contributed by atoms with Gasteiger partial charge in [0.2, 0.25) is 0 Å². The molecule has 1 heterocycles. The van der Waals surface area contributed by atoms with E-state index in [9.17, 15) is 0 Å². The Hall–Kier alpha value is -5.15. The molecule has 0 unspecified atom stereocenters. The Kier molecular flexibility index (Phi) is 6.92. The molecule has 0 radical (unpaired) electrons. The molecule has 3 aliphatic carbocycles. The van der Waals surface area contributed by atoms with Crippen LogP contribution in [0.2, 0.25) is 0 Å². The van der Waals surface area contributed by atoms with Crippen molar-refractivity contribution < 1.29 is 0 Å². The summed E-state index contributed by atoms with van der Waals surface area (Å²) >= 11 is 0. The molecule has 3 nitrogen and oxygen atoms in total. The van der Waals surface area contributed by atoms with E-state index >= 15 is 0 Å². The van der Waals surface area contributed by atoms with Gasteiger partial charge in [-0.1, -0.05) is 97.1 Å². The summed E-state index contributed by atoms with van der Waals surface area (Å²) in [5.41, 5.74) is 13.1. The van der Waals surface area contributed by atoms with Crippen LogP contribution in [-0.4, -0.2) is 9.97 Å². The summed E-state index contributed by atoms with van der Waals surface area (Å²) in [4.78, 5) is 10.7. The Morgan fingerprint density at radius 3 is 1.77 bits per heavy atom. The van der Waals surface area contributed by atoms with Crippen LogP contribution in [0, 0.1) is 0 Å². The number of hydrogen-bond acceptors (Lipinski definition) is 2. The number of anilines is 2. The molecule has 0 aliphatic heterocycles. The lowest BCUT2D eigenvalue weighted by Crippen LogP contribution is -2.18. The molecule has 0 amide bonds. The normalized spacial score (nSPS) is 16.9. The van der Waals surface area contributed by atoms with Gasteiger partial charge in [-0.2, -0.15) is 0 Å². The molecule has 1 aromatic heterocycles. The zero-order chi connectivity index (χ0) is 29.3. The second kappa shape index (κ2) is 11.5. The van der Waals surface area contributed by atoms with Gasteiger partial charge in [0.1, 0.15) is 5.82 Å². The molecule has 214 valence electrons. The highest BCUT2D eigenvalue weighted by Crippen LogP contribution is 2.40. The predicted molar refractivity (Wildman–Crippen MR) is 185 cm³/mol. The third-order valence-corrected chi connectivity index (χ3v) is 9.25. The second-order valence-corrected chi connectivity index (χ2v) is 11.9. The fourth-order valence-corrected chi connectivity index (χ4v) is 6.90. The second-order valence-electron chi connectivity index (χ2n) is 11.9. The summed E-state index contributed by atoms with van der Waals surface area (Å²) in [6.45, 7) is 0. The Morgan fingerprint density at radius 2 is 1.09 bits per heavy atom. The predicted octanol–water partition coefficient (Wildman–Crippen LogP) is 10.9. The smallest absolute Gasteiger partial charge is 0.134 e. The maximum atomic E-state index is 4.81. The highest BCUT2D eigenvalue weighted by Gasteiger charge is 2.22. The van der Waals surface area contributed by atoms with Crippen LogP contribution >= 0.6 is 0 Å². The van der Waals surface area contributed by atoms with Crippen LogP contribution in [-0.2, 0) is 0 Å². The van der Waals surface area contributed by atoms with Gasteiger partial charge in [-0.15, -0.1) is 0 Å². The molecule has 0 bridgehead atoms. The minimum absolute atomic E-state index is 1.00.